The number of rotatable bonds is 9. The average Bonchev–Trinajstić information content (AvgIpc) is 3.52. The summed E-state index contributed by atoms with van der Waals surface area (Å²) in [6, 6.07) is 24.2. The van der Waals surface area contributed by atoms with Crippen molar-refractivity contribution in [2.75, 3.05) is 55.8 Å². The van der Waals surface area contributed by atoms with E-state index >= 15 is 0 Å². The predicted molar refractivity (Wildman–Crippen MR) is 179 cm³/mol. The Morgan fingerprint density at radius 3 is 2.57 bits per heavy atom. The topological polar surface area (TPSA) is 150 Å². The van der Waals surface area contributed by atoms with Crippen LogP contribution in [0.2, 0.25) is 0 Å². The van der Waals surface area contributed by atoms with E-state index in [4.69, 9.17) is 20.3 Å². The molecule has 47 heavy (non-hydrogen) atoms. The number of carbonyl (C=O) groups is 2. The summed E-state index contributed by atoms with van der Waals surface area (Å²) < 4.78 is 6.12. The second-order valence-electron chi connectivity index (χ2n) is 12.0. The van der Waals surface area contributed by atoms with Gasteiger partial charge in [0.05, 0.1) is 30.1 Å². The number of ether oxygens (including phenoxy) is 1. The Hall–Kier alpha value is -5.25. The van der Waals surface area contributed by atoms with Crippen LogP contribution in [0, 0.1) is 17.2 Å². The zero-order valence-electron chi connectivity index (χ0n) is 26.5. The van der Waals surface area contributed by atoms with E-state index < -0.39 is 23.8 Å². The lowest BCUT2D eigenvalue weighted by molar-refractivity contribution is -0.148. The number of nitrogens with two attached hydrogens (primary N) is 1. The first-order valence-electron chi connectivity index (χ1n) is 15.8. The van der Waals surface area contributed by atoms with Crippen LogP contribution in [-0.4, -0.2) is 83.7 Å². The lowest BCUT2D eigenvalue weighted by atomic mass is 10.0. The van der Waals surface area contributed by atoms with Crippen molar-refractivity contribution < 1.29 is 19.2 Å². The van der Waals surface area contributed by atoms with E-state index in [-0.39, 0.29) is 36.5 Å². The summed E-state index contributed by atoms with van der Waals surface area (Å²) in [6.07, 6.45) is 2.07. The highest BCUT2D eigenvalue weighted by Gasteiger charge is 2.36. The molecule has 2 aliphatic rings. The monoisotopic (exact) mass is 634 g/mol. The van der Waals surface area contributed by atoms with Crippen LogP contribution in [0.4, 0.5) is 17.2 Å². The Kier molecular flexibility index (Phi) is 9.47. The maximum Gasteiger partial charge on any atom is 0.357 e. The summed E-state index contributed by atoms with van der Waals surface area (Å²) in [5.41, 5.74) is 7.79. The van der Waals surface area contributed by atoms with Crippen LogP contribution >= 0.6 is 0 Å². The number of nitrogen functional groups attached to an aromatic ring is 1. The zero-order valence-corrected chi connectivity index (χ0v) is 26.5. The normalized spacial score (nSPS) is 19.2. The summed E-state index contributed by atoms with van der Waals surface area (Å²) in [6.45, 7) is 4.01. The van der Waals surface area contributed by atoms with E-state index in [2.05, 4.69) is 28.3 Å². The van der Waals surface area contributed by atoms with E-state index in [0.29, 0.717) is 30.2 Å². The van der Waals surface area contributed by atoms with Gasteiger partial charge in [-0.1, -0.05) is 54.6 Å². The summed E-state index contributed by atoms with van der Waals surface area (Å²) in [4.78, 5) is 45.8. The second-order valence-corrected chi connectivity index (χ2v) is 12.0. The van der Waals surface area contributed by atoms with Crippen molar-refractivity contribution in [1.29, 1.82) is 5.26 Å². The molecule has 3 N–H and O–H groups in total. The fourth-order valence-corrected chi connectivity index (χ4v) is 6.12. The number of benzene rings is 3. The van der Waals surface area contributed by atoms with Crippen molar-refractivity contribution in [1.82, 2.24) is 19.9 Å². The van der Waals surface area contributed by atoms with E-state index in [0.717, 1.165) is 30.2 Å². The predicted octanol–water partition coefficient (Wildman–Crippen LogP) is 4.36. The number of likely N-dealkylation sites (N-methyl/N-ethyl adjacent to an activating group) is 1. The number of fused-ring (bicyclic) bond motifs is 1. The van der Waals surface area contributed by atoms with Crippen molar-refractivity contribution in [2.45, 2.75) is 31.8 Å². The van der Waals surface area contributed by atoms with Crippen LogP contribution in [-0.2, 0) is 4.84 Å². The number of hydroxylamine groups is 2. The Balaban J connectivity index is 1.29. The van der Waals surface area contributed by atoms with Crippen molar-refractivity contribution in [3.8, 4) is 12.1 Å². The van der Waals surface area contributed by atoms with Crippen molar-refractivity contribution in [3.63, 3.8) is 0 Å². The minimum Gasteiger partial charge on any atom is -0.462 e. The molecule has 2 saturated heterocycles. The van der Waals surface area contributed by atoms with Crippen LogP contribution in [0.25, 0.3) is 10.8 Å². The maximum atomic E-state index is 13.8. The Morgan fingerprint density at radius 1 is 1.04 bits per heavy atom. The highest BCUT2D eigenvalue weighted by Crippen LogP contribution is 2.32. The largest absolute Gasteiger partial charge is 0.462 e. The second kappa shape index (κ2) is 14.0. The van der Waals surface area contributed by atoms with Gasteiger partial charge in [-0.15, -0.1) is 5.06 Å². The number of aromatic nitrogens is 2. The van der Waals surface area contributed by atoms with Crippen molar-refractivity contribution in [2.24, 2.45) is 5.92 Å². The number of amides is 1. The Labute approximate surface area is 273 Å². The third-order valence-corrected chi connectivity index (χ3v) is 8.89. The Morgan fingerprint density at radius 2 is 1.81 bits per heavy atom. The minimum absolute atomic E-state index is 0.0134. The molecule has 6 rings (SSSR count). The summed E-state index contributed by atoms with van der Waals surface area (Å²) >= 11 is 0. The highest BCUT2D eigenvalue weighted by atomic mass is 16.7. The van der Waals surface area contributed by atoms with Gasteiger partial charge in [0.25, 0.3) is 5.91 Å². The molecule has 0 spiro atoms. The first-order valence-corrected chi connectivity index (χ1v) is 15.8. The third kappa shape index (κ3) is 6.96. The van der Waals surface area contributed by atoms with Crippen LogP contribution in [0.5, 0.6) is 6.01 Å². The summed E-state index contributed by atoms with van der Waals surface area (Å²) in [7, 11) is 2.06. The van der Waals surface area contributed by atoms with Crippen LogP contribution in [0.3, 0.4) is 0 Å². The molecule has 242 valence electrons. The van der Waals surface area contributed by atoms with Gasteiger partial charge >= 0.3 is 12.0 Å². The summed E-state index contributed by atoms with van der Waals surface area (Å²) in [5, 5.41) is 16.3. The number of hydrogen-bond acceptors (Lipinski definition) is 11. The number of hydrogen-bond donors (Lipinski definition) is 2. The van der Waals surface area contributed by atoms with Gasteiger partial charge in [0.1, 0.15) is 12.3 Å². The van der Waals surface area contributed by atoms with Crippen molar-refractivity contribution >= 4 is 39.8 Å². The molecule has 12 nitrogen and oxygen atoms in total. The zero-order chi connectivity index (χ0) is 32.9. The van der Waals surface area contributed by atoms with Gasteiger partial charge < -0.3 is 30.4 Å². The van der Waals surface area contributed by atoms with Crippen molar-refractivity contribution in [3.05, 3.63) is 84.1 Å². The number of anilines is 3. The number of likely N-dealkylation sites (tertiary alicyclic amines) is 1. The van der Waals surface area contributed by atoms with E-state index in [1.165, 1.54) is 0 Å². The maximum absolute atomic E-state index is 13.8. The van der Waals surface area contributed by atoms with Gasteiger partial charge in [-0.05, 0) is 56.9 Å². The summed E-state index contributed by atoms with van der Waals surface area (Å²) in [5.74, 6) is -1.19. The molecule has 1 aromatic heterocycles. The highest BCUT2D eigenvalue weighted by molar-refractivity contribution is 6.11. The van der Waals surface area contributed by atoms with Gasteiger partial charge in [0.2, 0.25) is 0 Å². The number of nitriles is 1. The number of nitrogens with one attached hydrogen (secondary N) is 1. The lowest BCUT2D eigenvalue weighted by Gasteiger charge is -2.41. The van der Waals surface area contributed by atoms with E-state index in [9.17, 15) is 14.9 Å². The average molecular weight is 635 g/mol. The SMILES string of the molecule is C[C@H](C#N)[C@H]1CN(c2nc(OC[C@@H]3CCCN3C)nc(C(=O)Nc3cccc4ccccc34)c2N)CCN1OC(=O)c1ccccc1. The number of carbonyl (C=O) groups excluding carboxylic acids is 2. The number of nitrogens with zero attached hydrogens (tertiary/aromatic N) is 6. The van der Waals surface area contributed by atoms with Gasteiger partial charge in [-0.2, -0.15) is 15.2 Å². The van der Waals surface area contributed by atoms with Crippen LogP contribution in [0.1, 0.15) is 40.6 Å². The van der Waals surface area contributed by atoms with Gasteiger partial charge in [0, 0.05) is 30.2 Å². The smallest absolute Gasteiger partial charge is 0.357 e. The first kappa shape index (κ1) is 31.7. The lowest BCUT2D eigenvalue weighted by Crippen LogP contribution is -2.56. The minimum atomic E-state index is -0.507. The van der Waals surface area contributed by atoms with E-state index in [1.807, 2.05) is 53.4 Å². The Bertz CT molecular complexity index is 1790. The van der Waals surface area contributed by atoms with Gasteiger partial charge in [0.15, 0.2) is 11.5 Å². The third-order valence-electron chi connectivity index (χ3n) is 8.89. The van der Waals surface area contributed by atoms with Crippen LogP contribution in [0.15, 0.2) is 72.8 Å². The fraction of sp³-hybridized carbons (Fsp3) is 0.343. The molecular formula is C35H38N8O4. The van der Waals surface area contributed by atoms with Gasteiger partial charge in [-0.3, -0.25) is 4.79 Å². The molecule has 2 fully saturated rings. The first-order chi connectivity index (χ1) is 22.8. The molecule has 3 atom stereocenters. The molecule has 0 radical (unpaired) electrons. The molecule has 0 bridgehead atoms. The molecule has 0 aliphatic carbocycles. The quantitative estimate of drug-likeness (QED) is 0.270. The van der Waals surface area contributed by atoms with E-state index in [1.54, 1.807) is 36.3 Å². The van der Waals surface area contributed by atoms with Crippen LogP contribution < -0.4 is 20.7 Å². The number of piperazine rings is 1. The molecule has 3 aromatic carbocycles. The molecular weight excluding hydrogens is 596 g/mol. The molecule has 2 aliphatic heterocycles. The standard InChI is InChI=1S/C35H38N8O4/c1-23(20-36)29-21-42(18-19-43(29)47-34(45)25-11-4-3-5-12-25)32-30(37)31(39-35(40-32)46-22-26-14-9-17-41(26)2)33(44)38-28-16-8-13-24-10-6-7-15-27(24)28/h3-8,10-13,15-16,23,26,29H,9,14,17-19,21-22,37H2,1-2H3,(H,38,44)/t23-,26+,29-/m1/s1. The molecule has 0 saturated carbocycles. The molecule has 1 amide bonds. The molecule has 3 heterocycles. The molecule has 4 aromatic rings. The molecule has 0 unspecified atom stereocenters. The molecule has 12 heteroatoms. The van der Waals surface area contributed by atoms with Gasteiger partial charge in [-0.25, -0.2) is 4.79 Å². The fourth-order valence-electron chi connectivity index (χ4n) is 6.12.